The summed E-state index contributed by atoms with van der Waals surface area (Å²) >= 11 is 3.34. The molecule has 1 amide bonds. The van der Waals surface area contributed by atoms with Crippen LogP contribution < -0.4 is 5.32 Å². The average Bonchev–Trinajstić information content (AvgIpc) is 2.48. The number of halogens is 1. The van der Waals surface area contributed by atoms with E-state index in [0.29, 0.717) is 18.4 Å². The lowest BCUT2D eigenvalue weighted by Gasteiger charge is -2.11. The largest absolute Gasteiger partial charge is 0.481 e. The van der Waals surface area contributed by atoms with Crippen LogP contribution in [0.1, 0.15) is 28.8 Å². The molecule has 2 N–H and O–H groups in total. The molecule has 0 saturated heterocycles. The fourth-order valence-corrected chi connectivity index (χ4v) is 2.51. The molecule has 0 aliphatic carbocycles. The highest BCUT2D eigenvalue weighted by Gasteiger charge is 2.09. The number of carboxylic acids is 1. The third-order valence-corrected chi connectivity index (χ3v) is 3.68. The van der Waals surface area contributed by atoms with Gasteiger partial charge in [0.1, 0.15) is 0 Å². The first-order valence-electron chi connectivity index (χ1n) is 6.93. The number of anilines is 1. The molecule has 22 heavy (non-hydrogen) atoms. The third-order valence-electron chi connectivity index (χ3n) is 3.19. The summed E-state index contributed by atoms with van der Waals surface area (Å²) in [6, 6.07) is 14.6. The van der Waals surface area contributed by atoms with Gasteiger partial charge in [0.15, 0.2) is 0 Å². The molecular formula is C17H16BrNO3. The first-order chi connectivity index (χ1) is 10.6. The third kappa shape index (κ3) is 4.70. The molecule has 0 heterocycles. The number of hydrogen-bond donors (Lipinski definition) is 2. The molecule has 0 aromatic heterocycles. The first kappa shape index (κ1) is 16.2. The zero-order valence-corrected chi connectivity index (χ0v) is 13.5. The van der Waals surface area contributed by atoms with E-state index >= 15 is 0 Å². The summed E-state index contributed by atoms with van der Waals surface area (Å²) in [6.45, 7) is 0. The second kappa shape index (κ2) is 7.75. The van der Waals surface area contributed by atoms with E-state index in [0.717, 1.165) is 15.7 Å². The maximum absolute atomic E-state index is 12.3. The molecular weight excluding hydrogens is 346 g/mol. The van der Waals surface area contributed by atoms with Gasteiger partial charge in [0.2, 0.25) is 0 Å². The van der Waals surface area contributed by atoms with Crippen molar-refractivity contribution in [2.24, 2.45) is 0 Å². The number of hydrogen-bond acceptors (Lipinski definition) is 2. The highest BCUT2D eigenvalue weighted by molar-refractivity contribution is 9.10. The summed E-state index contributed by atoms with van der Waals surface area (Å²) in [5.41, 5.74) is 2.22. The van der Waals surface area contributed by atoms with Crippen LogP contribution in [0.5, 0.6) is 0 Å². The number of carboxylic acid groups (broad SMARTS) is 1. The Morgan fingerprint density at radius 1 is 1.09 bits per heavy atom. The number of benzene rings is 2. The summed E-state index contributed by atoms with van der Waals surface area (Å²) in [5.74, 6) is -0.998. The van der Waals surface area contributed by atoms with E-state index < -0.39 is 5.97 Å². The Labute approximate surface area is 137 Å². The van der Waals surface area contributed by atoms with Crippen molar-refractivity contribution in [2.75, 3.05) is 5.32 Å². The zero-order valence-electron chi connectivity index (χ0n) is 11.9. The lowest BCUT2D eigenvalue weighted by atomic mass is 10.1. The van der Waals surface area contributed by atoms with Crippen LogP contribution in [0, 0.1) is 0 Å². The Morgan fingerprint density at radius 3 is 2.59 bits per heavy atom. The standard InChI is InChI=1S/C17H16BrNO3/c18-14-8-3-7-13(11-14)17(22)19-15-9-2-1-5-12(15)6-4-10-16(20)21/h1-3,5,7-9,11H,4,6,10H2,(H,19,22)(H,20,21). The van der Waals surface area contributed by atoms with Gasteiger partial charge in [0.25, 0.3) is 5.91 Å². The van der Waals surface area contributed by atoms with Crippen molar-refractivity contribution in [3.05, 3.63) is 64.1 Å². The molecule has 2 aromatic rings. The second-order valence-corrected chi connectivity index (χ2v) is 5.78. The zero-order chi connectivity index (χ0) is 15.9. The molecule has 114 valence electrons. The average molecular weight is 362 g/mol. The second-order valence-electron chi connectivity index (χ2n) is 4.87. The number of rotatable bonds is 6. The van der Waals surface area contributed by atoms with Crippen LogP contribution in [0.3, 0.4) is 0 Å². The number of aryl methyl sites for hydroxylation is 1. The fourth-order valence-electron chi connectivity index (χ4n) is 2.11. The predicted octanol–water partition coefficient (Wildman–Crippen LogP) is 4.11. The first-order valence-corrected chi connectivity index (χ1v) is 7.72. The molecule has 0 atom stereocenters. The summed E-state index contributed by atoms with van der Waals surface area (Å²) in [7, 11) is 0. The molecule has 2 rings (SSSR count). The number of aliphatic carboxylic acids is 1. The van der Waals surface area contributed by atoms with Crippen molar-refractivity contribution >= 4 is 33.5 Å². The topological polar surface area (TPSA) is 66.4 Å². The van der Waals surface area contributed by atoms with E-state index in [2.05, 4.69) is 21.2 Å². The van der Waals surface area contributed by atoms with Crippen molar-refractivity contribution in [1.29, 1.82) is 0 Å². The molecule has 0 aliphatic rings. The van der Waals surface area contributed by atoms with Crippen molar-refractivity contribution in [2.45, 2.75) is 19.3 Å². The van der Waals surface area contributed by atoms with Gasteiger partial charge < -0.3 is 10.4 Å². The van der Waals surface area contributed by atoms with Crippen LogP contribution in [-0.4, -0.2) is 17.0 Å². The molecule has 0 saturated carbocycles. The van der Waals surface area contributed by atoms with Gasteiger partial charge in [0.05, 0.1) is 0 Å². The van der Waals surface area contributed by atoms with Gasteiger partial charge in [-0.05, 0) is 42.7 Å². The molecule has 0 aliphatic heterocycles. The highest BCUT2D eigenvalue weighted by Crippen LogP contribution is 2.19. The van der Waals surface area contributed by atoms with Crippen molar-refractivity contribution in [3.63, 3.8) is 0 Å². The number of carbonyl (C=O) groups excluding carboxylic acids is 1. The number of para-hydroxylation sites is 1. The van der Waals surface area contributed by atoms with E-state index in [4.69, 9.17) is 5.11 Å². The van der Waals surface area contributed by atoms with Gasteiger partial charge in [-0.1, -0.05) is 40.2 Å². The highest BCUT2D eigenvalue weighted by atomic mass is 79.9. The molecule has 0 fully saturated rings. The van der Waals surface area contributed by atoms with E-state index in [9.17, 15) is 9.59 Å². The summed E-state index contributed by atoms with van der Waals surface area (Å²) in [4.78, 5) is 22.9. The maximum atomic E-state index is 12.3. The van der Waals surface area contributed by atoms with Crippen LogP contribution in [-0.2, 0) is 11.2 Å². The lowest BCUT2D eigenvalue weighted by Crippen LogP contribution is -2.13. The van der Waals surface area contributed by atoms with Crippen molar-refractivity contribution in [3.8, 4) is 0 Å². The summed E-state index contributed by atoms with van der Waals surface area (Å²) in [6.07, 6.45) is 1.27. The minimum absolute atomic E-state index is 0.119. The van der Waals surface area contributed by atoms with Gasteiger partial charge in [-0.25, -0.2) is 0 Å². The van der Waals surface area contributed by atoms with Crippen LogP contribution >= 0.6 is 15.9 Å². The molecule has 2 aromatic carbocycles. The van der Waals surface area contributed by atoms with Crippen LogP contribution in [0.2, 0.25) is 0 Å². The maximum Gasteiger partial charge on any atom is 0.303 e. The van der Waals surface area contributed by atoms with Crippen molar-refractivity contribution < 1.29 is 14.7 Å². The monoisotopic (exact) mass is 361 g/mol. The van der Waals surface area contributed by atoms with Crippen molar-refractivity contribution in [1.82, 2.24) is 0 Å². The Balaban J connectivity index is 2.09. The van der Waals surface area contributed by atoms with Crippen LogP contribution in [0.15, 0.2) is 53.0 Å². The molecule has 5 heteroatoms. The molecule has 0 spiro atoms. The normalized spacial score (nSPS) is 10.2. The number of amides is 1. The summed E-state index contributed by atoms with van der Waals surface area (Å²) in [5, 5.41) is 11.6. The molecule has 4 nitrogen and oxygen atoms in total. The van der Waals surface area contributed by atoms with Crippen LogP contribution in [0.25, 0.3) is 0 Å². The van der Waals surface area contributed by atoms with Gasteiger partial charge in [-0.3, -0.25) is 9.59 Å². The van der Waals surface area contributed by atoms with Gasteiger partial charge in [-0.2, -0.15) is 0 Å². The fraction of sp³-hybridized carbons (Fsp3) is 0.176. The minimum atomic E-state index is -0.810. The number of nitrogens with one attached hydrogen (secondary N) is 1. The Morgan fingerprint density at radius 2 is 1.86 bits per heavy atom. The SMILES string of the molecule is O=C(O)CCCc1ccccc1NC(=O)c1cccc(Br)c1. The quantitative estimate of drug-likeness (QED) is 0.813. The smallest absolute Gasteiger partial charge is 0.303 e. The van der Waals surface area contributed by atoms with Gasteiger partial charge >= 0.3 is 5.97 Å². The minimum Gasteiger partial charge on any atom is -0.481 e. The van der Waals surface area contributed by atoms with E-state index in [-0.39, 0.29) is 12.3 Å². The summed E-state index contributed by atoms with van der Waals surface area (Å²) < 4.78 is 0.842. The van der Waals surface area contributed by atoms with E-state index in [1.165, 1.54) is 0 Å². The predicted molar refractivity (Wildman–Crippen MR) is 89.1 cm³/mol. The molecule has 0 radical (unpaired) electrons. The molecule has 0 bridgehead atoms. The van der Waals surface area contributed by atoms with Gasteiger partial charge in [-0.15, -0.1) is 0 Å². The van der Waals surface area contributed by atoms with Gasteiger partial charge in [0, 0.05) is 22.1 Å². The van der Waals surface area contributed by atoms with E-state index in [1.54, 1.807) is 18.2 Å². The molecule has 0 unspecified atom stereocenters. The van der Waals surface area contributed by atoms with E-state index in [1.807, 2.05) is 30.3 Å². The van der Waals surface area contributed by atoms with Crippen LogP contribution in [0.4, 0.5) is 5.69 Å². The Hall–Kier alpha value is -2.14. The lowest BCUT2D eigenvalue weighted by molar-refractivity contribution is -0.137. The Kier molecular flexibility index (Phi) is 5.72. The number of carbonyl (C=O) groups is 2. The Bertz CT molecular complexity index is 685.